The number of nitrogens with zero attached hydrogens (tertiary/aromatic N) is 3. The normalized spacial score (nSPS) is 11.6. The minimum Gasteiger partial charge on any atom is -0.406 e. The number of nitrogens with two attached hydrogens (primary N) is 1. The van der Waals surface area contributed by atoms with Gasteiger partial charge in [0.15, 0.2) is 0 Å². The van der Waals surface area contributed by atoms with E-state index in [4.69, 9.17) is 28.9 Å². The maximum Gasteiger partial charge on any atom is 0.573 e. The number of hydrogen-bond acceptors (Lipinski definition) is 6. The second-order valence-electron chi connectivity index (χ2n) is 5.57. The molecule has 2 aromatic carbocycles. The zero-order chi connectivity index (χ0) is 21.0. The van der Waals surface area contributed by atoms with Gasteiger partial charge >= 0.3 is 6.36 Å². The van der Waals surface area contributed by atoms with E-state index in [0.29, 0.717) is 32.8 Å². The number of anilines is 3. The largest absolute Gasteiger partial charge is 0.573 e. The highest BCUT2D eigenvalue weighted by molar-refractivity contribution is 6.36. The van der Waals surface area contributed by atoms with Crippen molar-refractivity contribution in [1.29, 1.82) is 0 Å². The molecular formula is C18H12Cl2F3N5O. The van der Waals surface area contributed by atoms with Crippen molar-refractivity contribution in [3.63, 3.8) is 0 Å². The van der Waals surface area contributed by atoms with E-state index in [2.05, 4.69) is 25.0 Å². The number of benzene rings is 2. The third-order valence-electron chi connectivity index (χ3n) is 3.51. The molecule has 0 aliphatic rings. The van der Waals surface area contributed by atoms with Crippen LogP contribution >= 0.6 is 23.2 Å². The van der Waals surface area contributed by atoms with Gasteiger partial charge in [0.1, 0.15) is 23.7 Å². The van der Waals surface area contributed by atoms with Crippen LogP contribution in [-0.2, 0) is 0 Å². The molecule has 0 saturated heterocycles. The van der Waals surface area contributed by atoms with Crippen LogP contribution < -0.4 is 15.8 Å². The van der Waals surface area contributed by atoms with Gasteiger partial charge in [-0.1, -0.05) is 23.2 Å². The maximum atomic E-state index is 12.3. The average Bonchev–Trinajstić information content (AvgIpc) is 2.63. The molecule has 0 aliphatic carbocycles. The minimum atomic E-state index is -4.76. The molecule has 3 aromatic rings. The Kier molecular flexibility index (Phi) is 6.09. The van der Waals surface area contributed by atoms with Crippen LogP contribution in [0.1, 0.15) is 5.56 Å². The van der Waals surface area contributed by atoms with E-state index < -0.39 is 6.36 Å². The summed E-state index contributed by atoms with van der Waals surface area (Å²) in [7, 11) is 0. The average molecular weight is 442 g/mol. The van der Waals surface area contributed by atoms with E-state index in [9.17, 15) is 13.2 Å². The van der Waals surface area contributed by atoms with Crippen LogP contribution in [0.15, 0.2) is 53.8 Å². The Hall–Kier alpha value is -3.04. The lowest BCUT2D eigenvalue weighted by molar-refractivity contribution is -0.274. The van der Waals surface area contributed by atoms with E-state index in [1.54, 1.807) is 18.2 Å². The summed E-state index contributed by atoms with van der Waals surface area (Å²) in [5.41, 5.74) is 7.20. The van der Waals surface area contributed by atoms with E-state index in [0.717, 1.165) is 0 Å². The lowest BCUT2D eigenvalue weighted by Gasteiger charge is -2.11. The van der Waals surface area contributed by atoms with Crippen LogP contribution in [0.4, 0.5) is 36.2 Å². The van der Waals surface area contributed by atoms with E-state index >= 15 is 0 Å². The fourth-order valence-electron chi connectivity index (χ4n) is 2.23. The van der Waals surface area contributed by atoms with Gasteiger partial charge in [-0.25, -0.2) is 9.97 Å². The molecule has 0 fully saturated rings. The first-order chi connectivity index (χ1) is 13.7. The molecule has 0 radical (unpaired) electrons. The fourth-order valence-corrected chi connectivity index (χ4v) is 2.69. The van der Waals surface area contributed by atoms with Crippen LogP contribution in [0, 0.1) is 0 Å². The molecule has 0 unspecified atom stereocenters. The van der Waals surface area contributed by atoms with Gasteiger partial charge in [-0.2, -0.15) is 0 Å². The predicted octanol–water partition coefficient (Wildman–Crippen LogP) is 5.76. The van der Waals surface area contributed by atoms with Gasteiger partial charge in [0.25, 0.3) is 0 Å². The first-order valence-corrected chi connectivity index (χ1v) is 8.69. The number of nitrogen functional groups attached to an aromatic ring is 1. The van der Waals surface area contributed by atoms with Crippen molar-refractivity contribution in [2.45, 2.75) is 6.36 Å². The first-order valence-electron chi connectivity index (χ1n) is 7.94. The Bertz CT molecular complexity index is 1040. The van der Waals surface area contributed by atoms with Gasteiger partial charge in [0.2, 0.25) is 0 Å². The SMILES string of the molecule is Nc1ncnc(Nc2ccc(OC(F)(F)F)cc2)c1C=Nc1ccc(Cl)cc1Cl. The van der Waals surface area contributed by atoms with Gasteiger partial charge in [0, 0.05) is 16.9 Å². The summed E-state index contributed by atoms with van der Waals surface area (Å²) in [6.07, 6.45) is -2.10. The zero-order valence-electron chi connectivity index (χ0n) is 14.4. The highest BCUT2D eigenvalue weighted by atomic mass is 35.5. The summed E-state index contributed by atoms with van der Waals surface area (Å²) >= 11 is 12.0. The smallest absolute Gasteiger partial charge is 0.406 e. The maximum absolute atomic E-state index is 12.3. The molecule has 0 spiro atoms. The molecule has 0 aliphatic heterocycles. The summed E-state index contributed by atoms with van der Waals surface area (Å²) in [4.78, 5) is 12.3. The molecule has 0 bridgehead atoms. The van der Waals surface area contributed by atoms with Gasteiger partial charge in [-0.05, 0) is 42.5 Å². The van der Waals surface area contributed by atoms with Crippen LogP contribution in [-0.4, -0.2) is 22.5 Å². The summed E-state index contributed by atoms with van der Waals surface area (Å²) in [5.74, 6) is 0.105. The number of alkyl halides is 3. The lowest BCUT2D eigenvalue weighted by atomic mass is 10.2. The number of ether oxygens (including phenoxy) is 1. The van der Waals surface area contributed by atoms with Crippen molar-refractivity contribution >= 4 is 52.4 Å². The number of nitrogens with one attached hydrogen (secondary N) is 1. The molecule has 0 amide bonds. The third-order valence-corrected chi connectivity index (χ3v) is 4.05. The third kappa shape index (κ3) is 5.72. The Balaban J connectivity index is 1.84. The van der Waals surface area contributed by atoms with Crippen LogP contribution in [0.5, 0.6) is 5.75 Å². The highest BCUT2D eigenvalue weighted by Gasteiger charge is 2.30. The molecule has 3 N–H and O–H groups in total. The molecular weight excluding hydrogens is 430 g/mol. The second-order valence-corrected chi connectivity index (χ2v) is 6.42. The summed E-state index contributed by atoms with van der Waals surface area (Å²) in [6, 6.07) is 9.95. The molecule has 11 heteroatoms. The molecule has 0 atom stereocenters. The van der Waals surface area contributed by atoms with Crippen molar-refractivity contribution < 1.29 is 17.9 Å². The van der Waals surface area contributed by atoms with E-state index in [1.807, 2.05) is 0 Å². The van der Waals surface area contributed by atoms with Gasteiger partial charge in [-0.15, -0.1) is 13.2 Å². The molecule has 3 rings (SSSR count). The lowest BCUT2D eigenvalue weighted by Crippen LogP contribution is -2.17. The van der Waals surface area contributed by atoms with Gasteiger partial charge in [0.05, 0.1) is 16.3 Å². The van der Waals surface area contributed by atoms with Crippen molar-refractivity contribution in [2.24, 2.45) is 4.99 Å². The summed E-state index contributed by atoms with van der Waals surface area (Å²) in [6.45, 7) is 0. The fraction of sp³-hybridized carbons (Fsp3) is 0.0556. The number of halogens is 5. The molecule has 6 nitrogen and oxygen atoms in total. The van der Waals surface area contributed by atoms with Crippen LogP contribution in [0.25, 0.3) is 0 Å². The number of aliphatic imine (C=N–C) groups is 1. The molecule has 1 heterocycles. The molecule has 1 aromatic heterocycles. The van der Waals surface area contributed by atoms with Crippen LogP contribution in [0.3, 0.4) is 0 Å². The van der Waals surface area contributed by atoms with Gasteiger partial charge < -0.3 is 15.8 Å². The van der Waals surface area contributed by atoms with Gasteiger partial charge in [-0.3, -0.25) is 4.99 Å². The van der Waals surface area contributed by atoms with Crippen molar-refractivity contribution in [2.75, 3.05) is 11.1 Å². The first kappa shape index (κ1) is 20.7. The molecule has 29 heavy (non-hydrogen) atoms. The zero-order valence-corrected chi connectivity index (χ0v) is 15.9. The van der Waals surface area contributed by atoms with Crippen molar-refractivity contribution in [3.05, 3.63) is 64.4 Å². The highest BCUT2D eigenvalue weighted by Crippen LogP contribution is 2.29. The topological polar surface area (TPSA) is 85.4 Å². The Morgan fingerprint density at radius 2 is 1.79 bits per heavy atom. The van der Waals surface area contributed by atoms with Crippen molar-refractivity contribution in [1.82, 2.24) is 9.97 Å². The van der Waals surface area contributed by atoms with Crippen molar-refractivity contribution in [3.8, 4) is 5.75 Å². The van der Waals surface area contributed by atoms with E-state index in [-0.39, 0.29) is 11.6 Å². The quantitative estimate of drug-likeness (QED) is 0.491. The number of hydrogen-bond donors (Lipinski definition) is 2. The molecule has 150 valence electrons. The summed E-state index contributed by atoms with van der Waals surface area (Å²) < 4.78 is 40.6. The Morgan fingerprint density at radius 3 is 2.45 bits per heavy atom. The van der Waals surface area contributed by atoms with E-state index in [1.165, 1.54) is 36.8 Å². The standard InChI is InChI=1S/C18H12Cl2F3N5O/c19-10-1-6-15(14(20)7-10)25-8-13-16(24)26-9-27-17(13)28-11-2-4-12(5-3-11)29-18(21,22)23/h1-9H,(H3,24,26,27,28). The summed E-state index contributed by atoms with van der Waals surface area (Å²) in [5, 5.41) is 3.77. The monoisotopic (exact) mass is 441 g/mol. The minimum absolute atomic E-state index is 0.147. The Labute approximate surface area is 173 Å². The van der Waals surface area contributed by atoms with Crippen LogP contribution in [0.2, 0.25) is 10.0 Å². The number of rotatable bonds is 5. The predicted molar refractivity (Wildman–Crippen MR) is 107 cm³/mol. The number of aromatic nitrogens is 2. The Morgan fingerprint density at radius 1 is 1.07 bits per heavy atom. The second kappa shape index (κ2) is 8.54. The molecule has 0 saturated carbocycles.